The molecule has 16 heavy (non-hydrogen) atoms. The lowest BCUT2D eigenvalue weighted by Gasteiger charge is -2.15. The molecule has 0 saturated heterocycles. The van der Waals surface area contributed by atoms with Crippen LogP contribution in [0.3, 0.4) is 0 Å². The normalized spacial score (nSPS) is 19.8. The van der Waals surface area contributed by atoms with E-state index in [-0.39, 0.29) is 6.04 Å². The Morgan fingerprint density at radius 3 is 3.06 bits per heavy atom. The number of rotatable bonds is 1. The van der Waals surface area contributed by atoms with Crippen molar-refractivity contribution >= 4 is 22.7 Å². The molecule has 2 N–H and O–H groups in total. The molecule has 0 aromatic carbocycles. The van der Waals surface area contributed by atoms with Gasteiger partial charge in [0.25, 0.3) is 0 Å². The van der Waals surface area contributed by atoms with Crippen molar-refractivity contribution in [1.82, 2.24) is 4.98 Å². The van der Waals surface area contributed by atoms with Gasteiger partial charge in [-0.15, -0.1) is 22.7 Å². The number of thiophene rings is 1. The molecule has 0 saturated carbocycles. The second kappa shape index (κ2) is 3.95. The lowest BCUT2D eigenvalue weighted by atomic mass is 9.99. The SMILES string of the molecule is Cc1ccsc1-c1nc2c(s1)CCCC2N. The molecular weight excluding hydrogens is 236 g/mol. The quantitative estimate of drug-likeness (QED) is 0.841. The van der Waals surface area contributed by atoms with E-state index in [0.29, 0.717) is 0 Å². The van der Waals surface area contributed by atoms with Gasteiger partial charge in [-0.1, -0.05) is 0 Å². The van der Waals surface area contributed by atoms with Crippen molar-refractivity contribution < 1.29 is 0 Å². The summed E-state index contributed by atoms with van der Waals surface area (Å²) in [7, 11) is 0. The number of fused-ring (bicyclic) bond motifs is 1. The topological polar surface area (TPSA) is 38.9 Å². The van der Waals surface area contributed by atoms with Crippen molar-refractivity contribution in [1.29, 1.82) is 0 Å². The largest absolute Gasteiger partial charge is 0.323 e. The van der Waals surface area contributed by atoms with E-state index in [9.17, 15) is 0 Å². The summed E-state index contributed by atoms with van der Waals surface area (Å²) in [5.41, 5.74) is 8.57. The molecule has 84 valence electrons. The fourth-order valence-corrected chi connectivity index (χ4v) is 4.40. The molecule has 1 aliphatic rings. The van der Waals surface area contributed by atoms with E-state index in [1.807, 2.05) is 11.3 Å². The van der Waals surface area contributed by atoms with E-state index >= 15 is 0 Å². The van der Waals surface area contributed by atoms with Crippen LogP contribution in [-0.4, -0.2) is 4.98 Å². The van der Waals surface area contributed by atoms with Gasteiger partial charge in [-0.3, -0.25) is 0 Å². The second-order valence-corrected chi connectivity index (χ2v) is 6.26. The van der Waals surface area contributed by atoms with Crippen LogP contribution in [0.2, 0.25) is 0 Å². The van der Waals surface area contributed by atoms with Crippen molar-refractivity contribution in [3.63, 3.8) is 0 Å². The Hall–Kier alpha value is -0.710. The highest BCUT2D eigenvalue weighted by Gasteiger charge is 2.22. The predicted octanol–water partition coefficient (Wildman–Crippen LogP) is 3.52. The Morgan fingerprint density at radius 1 is 1.50 bits per heavy atom. The highest BCUT2D eigenvalue weighted by atomic mass is 32.1. The predicted molar refractivity (Wildman–Crippen MR) is 70.0 cm³/mol. The number of nitrogens with zero attached hydrogens (tertiary/aromatic N) is 1. The summed E-state index contributed by atoms with van der Waals surface area (Å²) in [6.45, 7) is 2.14. The maximum Gasteiger partial charge on any atom is 0.134 e. The van der Waals surface area contributed by atoms with E-state index in [2.05, 4.69) is 18.4 Å². The minimum atomic E-state index is 0.161. The summed E-state index contributed by atoms with van der Waals surface area (Å²) >= 11 is 3.60. The molecule has 2 aromatic heterocycles. The minimum Gasteiger partial charge on any atom is -0.323 e. The zero-order valence-corrected chi connectivity index (χ0v) is 10.8. The van der Waals surface area contributed by atoms with Crippen molar-refractivity contribution in [2.75, 3.05) is 0 Å². The summed E-state index contributed by atoms with van der Waals surface area (Å²) in [6.07, 6.45) is 3.45. The summed E-state index contributed by atoms with van der Waals surface area (Å²) in [4.78, 5) is 7.45. The molecule has 1 atom stereocenters. The Labute approximate surface area is 103 Å². The molecule has 0 bridgehead atoms. The van der Waals surface area contributed by atoms with Crippen molar-refractivity contribution in [2.45, 2.75) is 32.2 Å². The molecule has 0 amide bonds. The van der Waals surface area contributed by atoms with Gasteiger partial charge in [0.1, 0.15) is 5.01 Å². The van der Waals surface area contributed by atoms with E-state index in [4.69, 9.17) is 10.7 Å². The van der Waals surface area contributed by atoms with Crippen molar-refractivity contribution in [3.8, 4) is 9.88 Å². The van der Waals surface area contributed by atoms with E-state index in [1.54, 1.807) is 11.3 Å². The number of thiazole rings is 1. The van der Waals surface area contributed by atoms with Gasteiger partial charge in [-0.2, -0.15) is 0 Å². The Morgan fingerprint density at radius 2 is 2.38 bits per heavy atom. The fraction of sp³-hybridized carbons (Fsp3) is 0.417. The standard InChI is InChI=1S/C12H14N2S2/c1-7-5-6-15-11(7)12-14-10-8(13)3-2-4-9(10)16-12/h5-6,8H,2-4,13H2,1H3. The number of nitrogens with two attached hydrogens (primary N) is 1. The molecule has 3 rings (SSSR count). The third kappa shape index (κ3) is 1.61. The molecule has 2 heterocycles. The zero-order valence-electron chi connectivity index (χ0n) is 9.19. The summed E-state index contributed by atoms with van der Waals surface area (Å²) in [6, 6.07) is 2.31. The van der Waals surface area contributed by atoms with Gasteiger partial charge in [0, 0.05) is 10.9 Å². The average molecular weight is 250 g/mol. The Bertz CT molecular complexity index is 513. The Kier molecular flexibility index (Phi) is 2.58. The molecule has 0 aliphatic heterocycles. The molecule has 4 heteroatoms. The van der Waals surface area contributed by atoms with Crippen LogP contribution in [-0.2, 0) is 6.42 Å². The van der Waals surface area contributed by atoms with Gasteiger partial charge in [0.2, 0.25) is 0 Å². The van der Waals surface area contributed by atoms with Gasteiger partial charge in [-0.05, 0) is 43.2 Å². The number of aromatic nitrogens is 1. The maximum atomic E-state index is 6.10. The average Bonchev–Trinajstić information content (AvgIpc) is 2.84. The van der Waals surface area contributed by atoms with Crippen molar-refractivity contribution in [3.05, 3.63) is 27.6 Å². The van der Waals surface area contributed by atoms with Gasteiger partial charge >= 0.3 is 0 Å². The van der Waals surface area contributed by atoms with Crippen LogP contribution >= 0.6 is 22.7 Å². The van der Waals surface area contributed by atoms with E-state index in [0.717, 1.165) is 23.5 Å². The maximum absolute atomic E-state index is 6.10. The van der Waals surface area contributed by atoms with Gasteiger partial charge in [-0.25, -0.2) is 4.98 Å². The van der Waals surface area contributed by atoms with E-state index < -0.39 is 0 Å². The minimum absolute atomic E-state index is 0.161. The molecular formula is C12H14N2S2. The van der Waals surface area contributed by atoms with Gasteiger partial charge in [0.15, 0.2) is 0 Å². The molecule has 2 nitrogen and oxygen atoms in total. The fourth-order valence-electron chi connectivity index (χ4n) is 2.14. The van der Waals surface area contributed by atoms with E-state index in [1.165, 1.54) is 21.7 Å². The molecule has 0 spiro atoms. The third-order valence-electron chi connectivity index (χ3n) is 3.05. The van der Waals surface area contributed by atoms with Crippen LogP contribution in [0.15, 0.2) is 11.4 Å². The first kappa shape index (κ1) is 10.4. The van der Waals surface area contributed by atoms with Crippen molar-refractivity contribution in [2.24, 2.45) is 5.73 Å². The van der Waals surface area contributed by atoms with Gasteiger partial charge in [0.05, 0.1) is 10.6 Å². The first-order valence-corrected chi connectivity index (χ1v) is 7.25. The highest BCUT2D eigenvalue weighted by molar-refractivity contribution is 7.21. The third-order valence-corrected chi connectivity index (χ3v) is 5.35. The lowest BCUT2D eigenvalue weighted by Crippen LogP contribution is -2.16. The molecule has 1 unspecified atom stereocenters. The first-order valence-electron chi connectivity index (χ1n) is 5.55. The lowest BCUT2D eigenvalue weighted by molar-refractivity contribution is 0.564. The van der Waals surface area contributed by atoms with Gasteiger partial charge < -0.3 is 5.73 Å². The summed E-state index contributed by atoms with van der Waals surface area (Å²) in [5, 5.41) is 3.29. The second-order valence-electron chi connectivity index (χ2n) is 4.26. The molecule has 1 aliphatic carbocycles. The zero-order chi connectivity index (χ0) is 11.1. The Balaban J connectivity index is 2.08. The van der Waals surface area contributed by atoms with Crippen LogP contribution in [0.4, 0.5) is 0 Å². The molecule has 0 fully saturated rings. The molecule has 2 aromatic rings. The highest BCUT2D eigenvalue weighted by Crippen LogP contribution is 2.38. The number of hydrogen-bond donors (Lipinski definition) is 1. The van der Waals surface area contributed by atoms with Crippen LogP contribution in [0, 0.1) is 6.92 Å². The van der Waals surface area contributed by atoms with Crippen LogP contribution in [0.1, 0.15) is 35.0 Å². The summed E-state index contributed by atoms with van der Waals surface area (Å²) < 4.78 is 0. The van der Waals surface area contributed by atoms with Crippen LogP contribution < -0.4 is 5.73 Å². The first-order chi connectivity index (χ1) is 7.75. The monoisotopic (exact) mass is 250 g/mol. The molecule has 0 radical (unpaired) electrons. The summed E-state index contributed by atoms with van der Waals surface area (Å²) in [5.74, 6) is 0. The van der Waals surface area contributed by atoms with Crippen LogP contribution in [0.25, 0.3) is 9.88 Å². The smallest absolute Gasteiger partial charge is 0.134 e. The number of hydrogen-bond acceptors (Lipinski definition) is 4. The van der Waals surface area contributed by atoms with Crippen LogP contribution in [0.5, 0.6) is 0 Å². The number of aryl methyl sites for hydroxylation is 2.